The van der Waals surface area contributed by atoms with Crippen molar-refractivity contribution in [2.75, 3.05) is 6.54 Å². The second-order valence-corrected chi connectivity index (χ2v) is 5.93. The zero-order valence-corrected chi connectivity index (χ0v) is 11.9. The molecule has 0 saturated heterocycles. The van der Waals surface area contributed by atoms with Crippen LogP contribution in [0.2, 0.25) is 0 Å². The van der Waals surface area contributed by atoms with Gasteiger partial charge in [0.2, 0.25) is 0 Å². The van der Waals surface area contributed by atoms with Crippen LogP contribution in [0.1, 0.15) is 31.9 Å². The molecular formula is C16H23N3. The van der Waals surface area contributed by atoms with Crippen molar-refractivity contribution in [1.82, 2.24) is 15.1 Å². The summed E-state index contributed by atoms with van der Waals surface area (Å²) < 4.78 is 2.00. The van der Waals surface area contributed by atoms with Gasteiger partial charge in [-0.25, -0.2) is 0 Å². The van der Waals surface area contributed by atoms with Crippen LogP contribution in [0.3, 0.4) is 0 Å². The number of nitrogens with zero attached hydrogens (tertiary/aromatic N) is 2. The average Bonchev–Trinajstić information content (AvgIpc) is 2.65. The standard InChI is InChI=1S/C16H23N3/c1-12(11-17-13-6-5-7-13)10-15-14-8-3-4-9-16(14)19(2)18-15/h3-4,8-9,12-13,17H,5-7,10-11H2,1-2H3. The Morgan fingerprint density at radius 1 is 1.37 bits per heavy atom. The number of nitrogens with one attached hydrogen (secondary N) is 1. The second-order valence-electron chi connectivity index (χ2n) is 5.93. The molecule has 3 heteroatoms. The maximum absolute atomic E-state index is 4.68. The van der Waals surface area contributed by atoms with E-state index in [9.17, 15) is 0 Å². The molecule has 19 heavy (non-hydrogen) atoms. The van der Waals surface area contributed by atoms with E-state index in [1.165, 1.54) is 35.9 Å². The fourth-order valence-corrected chi connectivity index (χ4v) is 2.82. The molecule has 0 bridgehead atoms. The Kier molecular flexibility index (Phi) is 3.56. The Morgan fingerprint density at radius 3 is 2.89 bits per heavy atom. The Balaban J connectivity index is 1.66. The van der Waals surface area contributed by atoms with E-state index in [0.29, 0.717) is 5.92 Å². The lowest BCUT2D eigenvalue weighted by atomic mass is 9.92. The summed E-state index contributed by atoms with van der Waals surface area (Å²) in [6.45, 7) is 3.42. The second kappa shape index (κ2) is 5.33. The highest BCUT2D eigenvalue weighted by Gasteiger charge is 2.18. The first-order valence-electron chi connectivity index (χ1n) is 7.38. The van der Waals surface area contributed by atoms with Gasteiger partial charge in [0.15, 0.2) is 0 Å². The highest BCUT2D eigenvalue weighted by molar-refractivity contribution is 5.81. The van der Waals surface area contributed by atoms with Crippen LogP contribution >= 0.6 is 0 Å². The number of aryl methyl sites for hydroxylation is 1. The lowest BCUT2D eigenvalue weighted by Crippen LogP contribution is -2.38. The van der Waals surface area contributed by atoms with Gasteiger partial charge in [-0.2, -0.15) is 5.10 Å². The van der Waals surface area contributed by atoms with E-state index >= 15 is 0 Å². The smallest absolute Gasteiger partial charge is 0.0706 e. The molecule has 0 aliphatic heterocycles. The van der Waals surface area contributed by atoms with E-state index in [4.69, 9.17) is 0 Å². The molecule has 3 rings (SSSR count). The molecule has 1 saturated carbocycles. The van der Waals surface area contributed by atoms with Gasteiger partial charge in [-0.3, -0.25) is 4.68 Å². The molecule has 0 radical (unpaired) electrons. The van der Waals surface area contributed by atoms with Crippen molar-refractivity contribution in [2.45, 2.75) is 38.6 Å². The van der Waals surface area contributed by atoms with Crippen LogP contribution in [0, 0.1) is 5.92 Å². The van der Waals surface area contributed by atoms with Crippen molar-refractivity contribution in [1.29, 1.82) is 0 Å². The fourth-order valence-electron chi connectivity index (χ4n) is 2.82. The monoisotopic (exact) mass is 257 g/mol. The number of para-hydroxylation sites is 1. The number of hydrogen-bond acceptors (Lipinski definition) is 2. The molecule has 0 amide bonds. The molecule has 1 aliphatic rings. The number of benzene rings is 1. The average molecular weight is 257 g/mol. The lowest BCUT2D eigenvalue weighted by molar-refractivity contribution is 0.320. The summed E-state index contributed by atoms with van der Waals surface area (Å²) in [4.78, 5) is 0. The third-order valence-electron chi connectivity index (χ3n) is 4.24. The van der Waals surface area contributed by atoms with Crippen molar-refractivity contribution in [2.24, 2.45) is 13.0 Å². The van der Waals surface area contributed by atoms with E-state index in [0.717, 1.165) is 19.0 Å². The van der Waals surface area contributed by atoms with Crippen molar-refractivity contribution < 1.29 is 0 Å². The van der Waals surface area contributed by atoms with Gasteiger partial charge in [0.25, 0.3) is 0 Å². The number of aromatic nitrogens is 2. The van der Waals surface area contributed by atoms with E-state index < -0.39 is 0 Å². The van der Waals surface area contributed by atoms with Gasteiger partial charge in [-0.15, -0.1) is 0 Å². The van der Waals surface area contributed by atoms with E-state index in [2.05, 4.69) is 41.6 Å². The molecule has 1 heterocycles. The zero-order valence-electron chi connectivity index (χ0n) is 11.9. The van der Waals surface area contributed by atoms with E-state index in [1.807, 2.05) is 11.7 Å². The van der Waals surface area contributed by atoms with Gasteiger partial charge in [-0.05, 0) is 37.8 Å². The van der Waals surface area contributed by atoms with Gasteiger partial charge in [0.1, 0.15) is 0 Å². The number of fused-ring (bicyclic) bond motifs is 1. The molecule has 2 aromatic rings. The Bertz CT molecular complexity index is 554. The minimum Gasteiger partial charge on any atom is -0.314 e. The van der Waals surface area contributed by atoms with Gasteiger partial charge in [0, 0.05) is 18.5 Å². The first-order chi connectivity index (χ1) is 9.24. The van der Waals surface area contributed by atoms with Crippen LogP contribution in [0.15, 0.2) is 24.3 Å². The summed E-state index contributed by atoms with van der Waals surface area (Å²) in [7, 11) is 2.03. The third kappa shape index (κ3) is 2.66. The summed E-state index contributed by atoms with van der Waals surface area (Å²) in [5.41, 5.74) is 2.47. The zero-order chi connectivity index (χ0) is 13.2. The first kappa shape index (κ1) is 12.7. The highest BCUT2D eigenvalue weighted by Crippen LogP contribution is 2.21. The van der Waals surface area contributed by atoms with Gasteiger partial charge in [0.05, 0.1) is 11.2 Å². The Hall–Kier alpha value is -1.35. The first-order valence-corrected chi connectivity index (χ1v) is 7.38. The fraction of sp³-hybridized carbons (Fsp3) is 0.562. The molecule has 1 unspecified atom stereocenters. The molecule has 1 aliphatic carbocycles. The minimum atomic E-state index is 0.638. The Morgan fingerprint density at radius 2 is 2.16 bits per heavy atom. The van der Waals surface area contributed by atoms with Crippen LogP contribution < -0.4 is 5.32 Å². The number of rotatable bonds is 5. The normalized spacial score (nSPS) is 17.6. The van der Waals surface area contributed by atoms with E-state index in [1.54, 1.807) is 0 Å². The van der Waals surface area contributed by atoms with Crippen LogP contribution in [-0.4, -0.2) is 22.4 Å². The van der Waals surface area contributed by atoms with Crippen molar-refractivity contribution in [3.63, 3.8) is 0 Å². The third-order valence-corrected chi connectivity index (χ3v) is 4.24. The van der Waals surface area contributed by atoms with Gasteiger partial charge < -0.3 is 5.32 Å². The minimum absolute atomic E-state index is 0.638. The molecule has 102 valence electrons. The van der Waals surface area contributed by atoms with Crippen LogP contribution in [0.5, 0.6) is 0 Å². The van der Waals surface area contributed by atoms with Gasteiger partial charge >= 0.3 is 0 Å². The van der Waals surface area contributed by atoms with Crippen molar-refractivity contribution >= 4 is 10.9 Å². The molecule has 3 nitrogen and oxygen atoms in total. The molecule has 1 aromatic carbocycles. The molecule has 1 atom stereocenters. The lowest BCUT2D eigenvalue weighted by Gasteiger charge is -2.28. The predicted octanol–water partition coefficient (Wildman–Crippen LogP) is 2.89. The SMILES string of the molecule is CC(CNC1CCC1)Cc1nn(C)c2ccccc12. The highest BCUT2D eigenvalue weighted by atomic mass is 15.3. The largest absolute Gasteiger partial charge is 0.314 e. The summed E-state index contributed by atoms with van der Waals surface area (Å²) in [6, 6.07) is 9.29. The molecule has 0 spiro atoms. The number of hydrogen-bond donors (Lipinski definition) is 1. The van der Waals surface area contributed by atoms with Gasteiger partial charge in [-0.1, -0.05) is 31.5 Å². The van der Waals surface area contributed by atoms with Crippen molar-refractivity contribution in [3.05, 3.63) is 30.0 Å². The summed E-state index contributed by atoms with van der Waals surface area (Å²) in [5, 5.41) is 9.65. The molecule has 1 aromatic heterocycles. The molecule has 1 N–H and O–H groups in total. The maximum atomic E-state index is 4.68. The van der Waals surface area contributed by atoms with Crippen LogP contribution in [0.25, 0.3) is 10.9 Å². The summed E-state index contributed by atoms with van der Waals surface area (Å²) in [5.74, 6) is 0.638. The van der Waals surface area contributed by atoms with Crippen molar-refractivity contribution in [3.8, 4) is 0 Å². The van der Waals surface area contributed by atoms with Crippen LogP contribution in [-0.2, 0) is 13.5 Å². The van der Waals surface area contributed by atoms with E-state index in [-0.39, 0.29) is 0 Å². The molecule has 1 fully saturated rings. The topological polar surface area (TPSA) is 29.9 Å². The van der Waals surface area contributed by atoms with Crippen LogP contribution in [0.4, 0.5) is 0 Å². The summed E-state index contributed by atoms with van der Waals surface area (Å²) >= 11 is 0. The maximum Gasteiger partial charge on any atom is 0.0706 e. The summed E-state index contributed by atoms with van der Waals surface area (Å²) in [6.07, 6.45) is 5.18. The predicted molar refractivity (Wildman–Crippen MR) is 79.2 cm³/mol. The Labute approximate surface area is 115 Å². The molecular weight excluding hydrogens is 234 g/mol. The quantitative estimate of drug-likeness (QED) is 0.892.